The third kappa shape index (κ3) is 5.97. The van der Waals surface area contributed by atoms with Gasteiger partial charge in [0.05, 0.1) is 5.69 Å². The molecule has 0 unspecified atom stereocenters. The van der Waals surface area contributed by atoms with Crippen molar-refractivity contribution in [3.05, 3.63) is 35.5 Å². The molecule has 1 rings (SSSR count). The zero-order valence-corrected chi connectivity index (χ0v) is 17.3. The Labute approximate surface area is 157 Å². The summed E-state index contributed by atoms with van der Waals surface area (Å²) >= 11 is 0. The molecule has 2 N–H and O–H groups in total. The molecule has 4 nitrogen and oxygen atoms in total. The highest BCUT2D eigenvalue weighted by Crippen LogP contribution is 2.41. The monoisotopic (exact) mass is 361 g/mol. The Bertz CT molecular complexity index is 700. The van der Waals surface area contributed by atoms with Crippen LogP contribution in [0.4, 0.5) is 10.1 Å². The first-order valence-electron chi connectivity index (χ1n) is 8.88. The molecule has 0 radical (unpaired) electrons. The molecular formula is C21H32FN3O. The molecule has 0 fully saturated rings. The average molecular weight is 362 g/mol. The van der Waals surface area contributed by atoms with Crippen molar-refractivity contribution in [2.24, 2.45) is 9.98 Å². The van der Waals surface area contributed by atoms with Crippen molar-refractivity contribution >= 4 is 17.6 Å². The molecule has 1 aromatic carbocycles. The van der Waals surface area contributed by atoms with Gasteiger partial charge in [-0.2, -0.15) is 9.38 Å². The van der Waals surface area contributed by atoms with E-state index in [9.17, 15) is 9.50 Å². The summed E-state index contributed by atoms with van der Waals surface area (Å²) < 4.78 is 13.7. The number of guanidine groups is 1. The quantitative estimate of drug-likeness (QED) is 0.522. The maximum atomic E-state index is 13.7. The zero-order chi connectivity index (χ0) is 20.3. The lowest BCUT2D eigenvalue weighted by Gasteiger charge is -2.27. The first-order chi connectivity index (χ1) is 11.8. The van der Waals surface area contributed by atoms with Gasteiger partial charge in [0, 0.05) is 23.2 Å². The Hall–Kier alpha value is -2.17. The molecule has 0 saturated heterocycles. The minimum Gasteiger partial charge on any atom is -0.507 e. The molecule has 0 bridgehead atoms. The Balaban J connectivity index is 3.66. The lowest BCUT2D eigenvalue weighted by molar-refractivity contribution is 0.423. The maximum Gasteiger partial charge on any atom is 0.229 e. The summed E-state index contributed by atoms with van der Waals surface area (Å²) in [4.78, 5) is 8.38. The second kappa shape index (κ2) is 8.02. The lowest BCUT2D eigenvalue weighted by atomic mass is 9.79. The van der Waals surface area contributed by atoms with E-state index >= 15 is 0 Å². The number of benzene rings is 1. The summed E-state index contributed by atoms with van der Waals surface area (Å²) in [6, 6.07) is 3.65. The van der Waals surface area contributed by atoms with E-state index in [1.807, 2.05) is 53.7 Å². The van der Waals surface area contributed by atoms with Crippen LogP contribution in [0.25, 0.3) is 0 Å². The van der Waals surface area contributed by atoms with Crippen LogP contribution in [0.5, 0.6) is 5.75 Å². The number of aliphatic imine (C=N–C) groups is 2. The highest BCUT2D eigenvalue weighted by molar-refractivity contribution is 5.94. The minimum absolute atomic E-state index is 0.141. The molecule has 144 valence electrons. The van der Waals surface area contributed by atoms with Gasteiger partial charge in [0.2, 0.25) is 5.96 Å². The van der Waals surface area contributed by atoms with Crippen LogP contribution in [-0.4, -0.2) is 17.0 Å². The SMILES string of the molecule is C=C(C)NC(=Nc1cc(C(C)(C)C)c(O)c(C(C)(C)C)c1)/N=C(\F)CC. The molecule has 0 saturated carbocycles. The summed E-state index contributed by atoms with van der Waals surface area (Å²) in [6.45, 7) is 19.4. The summed E-state index contributed by atoms with van der Waals surface area (Å²) in [7, 11) is 0. The van der Waals surface area contributed by atoms with E-state index in [0.29, 0.717) is 11.4 Å². The van der Waals surface area contributed by atoms with Gasteiger partial charge < -0.3 is 10.4 Å². The van der Waals surface area contributed by atoms with Crippen molar-refractivity contribution in [3.8, 4) is 5.75 Å². The molecular weight excluding hydrogens is 329 g/mol. The lowest BCUT2D eigenvalue weighted by Crippen LogP contribution is -2.20. The fourth-order valence-electron chi connectivity index (χ4n) is 2.42. The molecule has 0 spiro atoms. The first-order valence-corrected chi connectivity index (χ1v) is 8.88. The van der Waals surface area contributed by atoms with Crippen LogP contribution in [0, 0.1) is 0 Å². The van der Waals surface area contributed by atoms with E-state index in [1.165, 1.54) is 0 Å². The standard InChI is InChI=1S/C21H32FN3O/c1-10-17(22)25-19(23-13(2)3)24-14-11-15(20(4,5)6)18(26)16(12-14)21(7,8)9/h11-12,26H,2,10H2,1,3-9H3,(H,23,24)/b25-17-. The number of nitrogens with one attached hydrogen (secondary N) is 1. The Kier molecular flexibility index (Phi) is 6.75. The summed E-state index contributed by atoms with van der Waals surface area (Å²) in [5.74, 6) is -0.0905. The molecule has 0 atom stereocenters. The van der Waals surface area contributed by atoms with E-state index in [-0.39, 0.29) is 29.0 Å². The van der Waals surface area contributed by atoms with Gasteiger partial charge in [0.25, 0.3) is 0 Å². The highest BCUT2D eigenvalue weighted by atomic mass is 19.1. The first kappa shape index (κ1) is 21.9. The fourth-order valence-corrected chi connectivity index (χ4v) is 2.42. The van der Waals surface area contributed by atoms with Crippen LogP contribution in [0.15, 0.2) is 34.4 Å². The number of phenolic OH excluding ortho intramolecular Hbond substituents is 1. The highest BCUT2D eigenvalue weighted by Gasteiger charge is 2.26. The Morgan fingerprint density at radius 2 is 1.58 bits per heavy atom. The van der Waals surface area contributed by atoms with Crippen molar-refractivity contribution in [2.45, 2.75) is 72.6 Å². The molecule has 1 aromatic rings. The van der Waals surface area contributed by atoms with E-state index in [4.69, 9.17) is 0 Å². The largest absolute Gasteiger partial charge is 0.507 e. The van der Waals surface area contributed by atoms with Crippen molar-refractivity contribution < 1.29 is 9.50 Å². The van der Waals surface area contributed by atoms with Gasteiger partial charge >= 0.3 is 0 Å². The van der Waals surface area contributed by atoms with Crippen LogP contribution in [0.1, 0.15) is 72.9 Å². The summed E-state index contributed by atoms with van der Waals surface area (Å²) in [5, 5.41) is 13.7. The number of allylic oxidation sites excluding steroid dienone is 1. The average Bonchev–Trinajstić information content (AvgIpc) is 2.45. The van der Waals surface area contributed by atoms with Crippen molar-refractivity contribution in [1.29, 1.82) is 0 Å². The Morgan fingerprint density at radius 1 is 1.12 bits per heavy atom. The van der Waals surface area contributed by atoms with E-state index in [1.54, 1.807) is 13.8 Å². The Morgan fingerprint density at radius 3 is 1.92 bits per heavy atom. The number of halogens is 1. The molecule has 0 aromatic heterocycles. The van der Waals surface area contributed by atoms with Crippen LogP contribution in [-0.2, 0) is 10.8 Å². The second-order valence-corrected chi connectivity index (χ2v) is 8.57. The number of hydrogen-bond donors (Lipinski definition) is 2. The smallest absolute Gasteiger partial charge is 0.229 e. The van der Waals surface area contributed by atoms with E-state index in [2.05, 4.69) is 21.9 Å². The van der Waals surface area contributed by atoms with Crippen LogP contribution >= 0.6 is 0 Å². The maximum absolute atomic E-state index is 13.7. The van der Waals surface area contributed by atoms with Crippen molar-refractivity contribution in [1.82, 2.24) is 5.32 Å². The van der Waals surface area contributed by atoms with Crippen molar-refractivity contribution in [3.63, 3.8) is 0 Å². The topological polar surface area (TPSA) is 57.0 Å². The molecule has 0 aliphatic carbocycles. The van der Waals surface area contributed by atoms with Gasteiger partial charge in [0.15, 0.2) is 5.97 Å². The predicted molar refractivity (Wildman–Crippen MR) is 109 cm³/mol. The molecule has 26 heavy (non-hydrogen) atoms. The van der Waals surface area contributed by atoms with Gasteiger partial charge in [-0.25, -0.2) is 4.99 Å². The van der Waals surface area contributed by atoms with Crippen LogP contribution in [0.3, 0.4) is 0 Å². The summed E-state index contributed by atoms with van der Waals surface area (Å²) in [6.07, 6.45) is 0.187. The number of nitrogens with zero attached hydrogens (tertiary/aromatic N) is 2. The van der Waals surface area contributed by atoms with Crippen molar-refractivity contribution in [2.75, 3.05) is 0 Å². The number of aromatic hydroxyl groups is 1. The van der Waals surface area contributed by atoms with E-state index in [0.717, 1.165) is 11.1 Å². The minimum atomic E-state index is -0.511. The zero-order valence-electron chi connectivity index (χ0n) is 17.3. The molecule has 5 heteroatoms. The van der Waals surface area contributed by atoms with Gasteiger partial charge in [-0.3, -0.25) is 0 Å². The molecule has 0 amide bonds. The van der Waals surface area contributed by atoms with Gasteiger partial charge in [0.1, 0.15) is 5.75 Å². The predicted octanol–water partition coefficient (Wildman–Crippen LogP) is 5.88. The molecule has 0 aliphatic rings. The molecule has 0 heterocycles. The van der Waals surface area contributed by atoms with Crippen LogP contribution in [0.2, 0.25) is 0 Å². The van der Waals surface area contributed by atoms with E-state index < -0.39 is 5.97 Å². The third-order valence-corrected chi connectivity index (χ3v) is 3.79. The fraction of sp³-hybridized carbons (Fsp3) is 0.524. The van der Waals surface area contributed by atoms with Gasteiger partial charge in [-0.05, 0) is 29.9 Å². The van der Waals surface area contributed by atoms with Gasteiger partial charge in [-0.15, -0.1) is 0 Å². The number of rotatable bonds is 3. The number of phenols is 1. The normalized spacial score (nSPS) is 13.7. The van der Waals surface area contributed by atoms with Crippen LogP contribution < -0.4 is 5.32 Å². The van der Waals surface area contributed by atoms with Gasteiger partial charge in [-0.1, -0.05) is 55.0 Å². The third-order valence-electron chi connectivity index (χ3n) is 3.79. The summed E-state index contributed by atoms with van der Waals surface area (Å²) in [5.41, 5.74) is 2.26. The molecule has 0 aliphatic heterocycles. The second-order valence-electron chi connectivity index (χ2n) is 8.57. The number of hydrogen-bond acceptors (Lipinski definition) is 2.